The molecule has 1 aromatic heterocycles. The number of benzene rings is 1. The number of rotatable bonds is 10. The van der Waals surface area contributed by atoms with E-state index in [9.17, 15) is 24.1 Å². The molecule has 1 aromatic carbocycles. The number of H-pyrrole nitrogens is 1. The molecule has 2 heterocycles. The molecule has 6 unspecified atom stereocenters. The van der Waals surface area contributed by atoms with Gasteiger partial charge in [0.1, 0.15) is 24.0 Å². The van der Waals surface area contributed by atoms with Crippen LogP contribution in [0.3, 0.4) is 0 Å². The number of aliphatic hydroxyl groups is 1. The number of nitrogens with zero attached hydrogens (tertiary/aromatic N) is 1. The second kappa shape index (κ2) is 12.3. The summed E-state index contributed by atoms with van der Waals surface area (Å²) in [4.78, 5) is 38.6. The number of aromatic amines is 1. The van der Waals surface area contributed by atoms with Gasteiger partial charge in [-0.3, -0.25) is 23.7 Å². The summed E-state index contributed by atoms with van der Waals surface area (Å²) < 4.78 is 37.4. The van der Waals surface area contributed by atoms with Crippen LogP contribution in [0.2, 0.25) is 0 Å². The number of aromatic nitrogens is 2. The Bertz CT molecular complexity index is 1380. The Morgan fingerprint density at radius 3 is 2.56 bits per heavy atom. The van der Waals surface area contributed by atoms with Crippen molar-refractivity contribution in [1.82, 2.24) is 14.6 Å². The lowest BCUT2D eigenvalue weighted by atomic mass is 10.00. The minimum Gasteiger partial charge on any atom is -0.462 e. The van der Waals surface area contributed by atoms with Crippen LogP contribution in [0.25, 0.3) is 0 Å². The lowest BCUT2D eigenvalue weighted by Crippen LogP contribution is -2.37. The van der Waals surface area contributed by atoms with Gasteiger partial charge in [-0.1, -0.05) is 30.0 Å². The SMILES string of the molecule is CC(C)OC(=O)C(C)NP(=O)(OCC1OC(n2ccc(=O)[nH]c2=O)C(C#CC2CC2)C1O)Oc1ccccc1. The maximum atomic E-state index is 13.8. The molecule has 0 bridgehead atoms. The van der Waals surface area contributed by atoms with Crippen LogP contribution < -0.4 is 20.9 Å². The number of carbonyl (C=O) groups is 1. The smallest absolute Gasteiger partial charge is 0.459 e. The number of para-hydroxylation sites is 1. The van der Waals surface area contributed by atoms with Gasteiger partial charge in [0, 0.05) is 18.2 Å². The van der Waals surface area contributed by atoms with Crippen LogP contribution in [0.4, 0.5) is 0 Å². The highest BCUT2D eigenvalue weighted by atomic mass is 31.2. The van der Waals surface area contributed by atoms with Crippen molar-refractivity contribution in [3.8, 4) is 17.6 Å². The highest BCUT2D eigenvalue weighted by Crippen LogP contribution is 2.46. The molecule has 3 N–H and O–H groups in total. The van der Waals surface area contributed by atoms with E-state index in [1.807, 2.05) is 0 Å². The summed E-state index contributed by atoms with van der Waals surface area (Å²) in [5.74, 6) is 5.04. The van der Waals surface area contributed by atoms with Gasteiger partial charge in [0.05, 0.1) is 18.6 Å². The molecule has 6 atom stereocenters. The van der Waals surface area contributed by atoms with E-state index >= 15 is 0 Å². The first kappa shape index (κ1) is 28.8. The Morgan fingerprint density at radius 2 is 1.92 bits per heavy atom. The summed E-state index contributed by atoms with van der Waals surface area (Å²) in [7, 11) is -4.22. The van der Waals surface area contributed by atoms with Crippen LogP contribution in [0.15, 0.2) is 52.2 Å². The molecule has 1 aliphatic carbocycles. The van der Waals surface area contributed by atoms with Gasteiger partial charge in [-0.15, -0.1) is 0 Å². The van der Waals surface area contributed by atoms with Gasteiger partial charge in [-0.25, -0.2) is 9.36 Å². The minimum atomic E-state index is -4.22. The molecule has 1 saturated heterocycles. The molecule has 12 nitrogen and oxygen atoms in total. The summed E-state index contributed by atoms with van der Waals surface area (Å²) >= 11 is 0. The predicted molar refractivity (Wildman–Crippen MR) is 140 cm³/mol. The molecule has 2 aromatic rings. The van der Waals surface area contributed by atoms with Crippen molar-refractivity contribution in [1.29, 1.82) is 0 Å². The molecule has 2 aliphatic rings. The van der Waals surface area contributed by atoms with Gasteiger partial charge in [0.2, 0.25) is 0 Å². The fourth-order valence-electron chi connectivity index (χ4n) is 3.85. The van der Waals surface area contributed by atoms with Crippen LogP contribution in [-0.4, -0.2) is 51.6 Å². The number of hydrogen-bond acceptors (Lipinski definition) is 9. The fourth-order valence-corrected chi connectivity index (χ4v) is 5.35. The summed E-state index contributed by atoms with van der Waals surface area (Å²) in [6.07, 6.45) is -0.549. The summed E-state index contributed by atoms with van der Waals surface area (Å²) in [6, 6.07) is 8.34. The monoisotopic (exact) mass is 561 g/mol. The zero-order valence-corrected chi connectivity index (χ0v) is 22.7. The second-order valence-corrected chi connectivity index (χ2v) is 11.4. The topological polar surface area (TPSA) is 158 Å². The molecule has 4 rings (SSSR count). The quantitative estimate of drug-likeness (QED) is 0.222. The molecule has 39 heavy (non-hydrogen) atoms. The van der Waals surface area contributed by atoms with Gasteiger partial charge in [0.15, 0.2) is 6.23 Å². The van der Waals surface area contributed by atoms with Crippen molar-refractivity contribution in [2.24, 2.45) is 11.8 Å². The number of esters is 1. The highest BCUT2D eigenvalue weighted by Gasteiger charge is 2.46. The lowest BCUT2D eigenvalue weighted by Gasteiger charge is -2.25. The third-order valence-electron chi connectivity index (χ3n) is 5.96. The predicted octanol–water partition coefficient (Wildman–Crippen LogP) is 1.96. The van der Waals surface area contributed by atoms with E-state index in [1.54, 1.807) is 44.2 Å². The zero-order valence-electron chi connectivity index (χ0n) is 21.8. The Hall–Kier alpha value is -3.20. The normalized spacial score (nSPS) is 24.8. The highest BCUT2D eigenvalue weighted by molar-refractivity contribution is 7.52. The van der Waals surface area contributed by atoms with Gasteiger partial charge >= 0.3 is 19.4 Å². The van der Waals surface area contributed by atoms with Crippen molar-refractivity contribution in [2.45, 2.75) is 64.2 Å². The average Bonchev–Trinajstić information content (AvgIpc) is 3.65. The van der Waals surface area contributed by atoms with E-state index in [-0.39, 0.29) is 17.8 Å². The number of nitrogens with one attached hydrogen (secondary N) is 2. The van der Waals surface area contributed by atoms with Crippen LogP contribution in [0, 0.1) is 23.7 Å². The molecule has 1 aliphatic heterocycles. The van der Waals surface area contributed by atoms with Crippen LogP contribution in [0.5, 0.6) is 5.75 Å². The summed E-state index contributed by atoms with van der Waals surface area (Å²) in [5.41, 5.74) is -1.30. The minimum absolute atomic E-state index is 0.219. The number of ether oxygens (including phenoxy) is 2. The maximum absolute atomic E-state index is 13.8. The van der Waals surface area contributed by atoms with E-state index in [2.05, 4.69) is 21.9 Å². The number of aliphatic hydroxyl groups excluding tert-OH is 1. The molecule has 1 saturated carbocycles. The summed E-state index contributed by atoms with van der Waals surface area (Å²) in [5, 5.41) is 13.7. The molecule has 0 radical (unpaired) electrons. The summed E-state index contributed by atoms with van der Waals surface area (Å²) in [6.45, 7) is 4.40. The fraction of sp³-hybridized carbons (Fsp3) is 0.500. The van der Waals surface area contributed by atoms with Crippen molar-refractivity contribution in [3.63, 3.8) is 0 Å². The second-order valence-electron chi connectivity index (χ2n) is 9.70. The number of hydrogen-bond donors (Lipinski definition) is 3. The standard InChI is InChI=1S/C26H32N3O9P/c1-16(2)36-25(32)17(3)28-39(34,38-19-7-5-4-6-8-19)35-15-21-23(31)20(12-11-18-9-10-18)24(37-21)29-14-13-22(30)27-26(29)33/h4-8,13-14,16-18,20-21,23-24,31H,9-10,15H2,1-3H3,(H,28,34)(H,27,30,33). The van der Waals surface area contributed by atoms with Gasteiger partial charge in [-0.2, -0.15) is 5.09 Å². The van der Waals surface area contributed by atoms with E-state index < -0.39 is 62.0 Å². The Kier molecular flexibility index (Phi) is 9.10. The Balaban J connectivity index is 1.54. The molecule has 2 fully saturated rings. The van der Waals surface area contributed by atoms with Crippen molar-refractivity contribution in [2.75, 3.05) is 6.61 Å². The van der Waals surface area contributed by atoms with E-state index in [1.165, 1.54) is 13.1 Å². The van der Waals surface area contributed by atoms with Crippen LogP contribution >= 0.6 is 7.75 Å². The molecule has 13 heteroatoms. The lowest BCUT2D eigenvalue weighted by molar-refractivity contribution is -0.149. The third kappa shape index (κ3) is 7.68. The van der Waals surface area contributed by atoms with Crippen molar-refractivity contribution in [3.05, 3.63) is 63.4 Å². The first-order chi connectivity index (χ1) is 18.5. The number of carbonyl (C=O) groups excluding carboxylic acids is 1. The Morgan fingerprint density at radius 1 is 1.21 bits per heavy atom. The molecular formula is C26H32N3O9P. The van der Waals surface area contributed by atoms with Gasteiger partial charge in [0.25, 0.3) is 5.56 Å². The maximum Gasteiger partial charge on any atom is 0.459 e. The van der Waals surface area contributed by atoms with E-state index in [0.717, 1.165) is 23.5 Å². The Labute approximate surface area is 225 Å². The van der Waals surface area contributed by atoms with Crippen LogP contribution in [-0.2, 0) is 23.4 Å². The van der Waals surface area contributed by atoms with Gasteiger partial charge in [-0.05, 0) is 45.7 Å². The van der Waals surface area contributed by atoms with E-state index in [4.69, 9.17) is 18.5 Å². The van der Waals surface area contributed by atoms with Gasteiger partial charge < -0.3 is 19.1 Å². The first-order valence-electron chi connectivity index (χ1n) is 12.7. The average molecular weight is 562 g/mol. The third-order valence-corrected chi connectivity index (χ3v) is 7.61. The molecular weight excluding hydrogens is 529 g/mol. The molecule has 0 amide bonds. The molecule has 0 spiro atoms. The largest absolute Gasteiger partial charge is 0.462 e. The van der Waals surface area contributed by atoms with Crippen molar-refractivity contribution >= 4 is 13.7 Å². The zero-order chi connectivity index (χ0) is 28.2. The molecule has 210 valence electrons. The van der Waals surface area contributed by atoms with Crippen molar-refractivity contribution < 1.29 is 33.0 Å². The van der Waals surface area contributed by atoms with E-state index in [0.29, 0.717) is 0 Å². The van der Waals surface area contributed by atoms with Crippen LogP contribution in [0.1, 0.15) is 39.8 Å². The first-order valence-corrected chi connectivity index (χ1v) is 14.2.